The number of nitrogens with zero attached hydrogens (tertiary/aromatic N) is 2. The van der Waals surface area contributed by atoms with Crippen molar-refractivity contribution < 1.29 is 18.0 Å². The molecule has 0 saturated carbocycles. The molecule has 0 saturated heterocycles. The molecule has 28 heavy (non-hydrogen) atoms. The summed E-state index contributed by atoms with van der Waals surface area (Å²) in [6, 6.07) is 6.39. The minimum absolute atomic E-state index is 0.00109. The molecule has 156 valence electrons. The average molecular weight is 410 g/mol. The summed E-state index contributed by atoms with van der Waals surface area (Å²) >= 11 is 0. The van der Waals surface area contributed by atoms with Gasteiger partial charge in [-0.2, -0.15) is 4.31 Å². The fourth-order valence-electron chi connectivity index (χ4n) is 2.62. The third-order valence-corrected chi connectivity index (χ3v) is 6.18. The fourth-order valence-corrected chi connectivity index (χ4v) is 4.08. The van der Waals surface area contributed by atoms with Crippen LogP contribution in [0, 0.1) is 0 Å². The lowest BCUT2D eigenvalue weighted by molar-refractivity contribution is -0.132. The monoisotopic (exact) mass is 409 g/mol. The standard InChI is InChI=1S/C20H31N3O4S/c1-6-22(15-19(24)21-16(4)5)20(25)14-11-17-9-12-18(13-10-17)28(26,27)23(7-2)8-3/h9-14,16H,6-8,15H2,1-5H3,(H,21,24)/b14-11+. The maximum atomic E-state index is 12.5. The van der Waals surface area contributed by atoms with E-state index in [1.807, 2.05) is 13.8 Å². The zero-order valence-corrected chi connectivity index (χ0v) is 18.1. The van der Waals surface area contributed by atoms with Gasteiger partial charge < -0.3 is 10.2 Å². The molecule has 0 aliphatic rings. The van der Waals surface area contributed by atoms with Crippen LogP contribution in [-0.4, -0.2) is 61.7 Å². The van der Waals surface area contributed by atoms with Crippen LogP contribution in [-0.2, 0) is 19.6 Å². The summed E-state index contributed by atoms with van der Waals surface area (Å²) in [7, 11) is -3.50. The summed E-state index contributed by atoms with van der Waals surface area (Å²) in [4.78, 5) is 25.8. The Morgan fingerprint density at radius 3 is 2.07 bits per heavy atom. The molecule has 0 fully saturated rings. The molecule has 1 aromatic carbocycles. The Hall–Kier alpha value is -2.19. The SMILES string of the molecule is CCN(CC(=O)NC(C)C)C(=O)/C=C/c1ccc(S(=O)(=O)N(CC)CC)cc1. The van der Waals surface area contributed by atoms with Crippen molar-refractivity contribution in [2.75, 3.05) is 26.2 Å². The van der Waals surface area contributed by atoms with Crippen molar-refractivity contribution in [1.82, 2.24) is 14.5 Å². The van der Waals surface area contributed by atoms with Crippen molar-refractivity contribution in [1.29, 1.82) is 0 Å². The van der Waals surface area contributed by atoms with Gasteiger partial charge in [0.05, 0.1) is 11.4 Å². The molecule has 0 aliphatic carbocycles. The first-order valence-corrected chi connectivity index (χ1v) is 11.0. The Kier molecular flexibility index (Phi) is 9.34. The maximum absolute atomic E-state index is 12.5. The van der Waals surface area contributed by atoms with Crippen LogP contribution in [0.25, 0.3) is 6.08 Å². The molecule has 0 unspecified atom stereocenters. The minimum Gasteiger partial charge on any atom is -0.352 e. The molecule has 8 heteroatoms. The number of hydrogen-bond acceptors (Lipinski definition) is 4. The first-order valence-electron chi connectivity index (χ1n) is 9.52. The van der Waals surface area contributed by atoms with Crippen LogP contribution in [0.2, 0.25) is 0 Å². The van der Waals surface area contributed by atoms with Gasteiger partial charge in [0, 0.05) is 31.8 Å². The van der Waals surface area contributed by atoms with Crippen LogP contribution in [0.3, 0.4) is 0 Å². The van der Waals surface area contributed by atoms with Crippen molar-refractivity contribution in [3.05, 3.63) is 35.9 Å². The van der Waals surface area contributed by atoms with E-state index in [1.165, 1.54) is 27.4 Å². The Balaban J connectivity index is 2.83. The third kappa shape index (κ3) is 6.76. The number of nitrogens with one attached hydrogen (secondary N) is 1. The zero-order chi connectivity index (χ0) is 21.3. The van der Waals surface area contributed by atoms with Crippen LogP contribution in [0.15, 0.2) is 35.2 Å². The molecule has 0 radical (unpaired) electrons. The van der Waals surface area contributed by atoms with Crippen LogP contribution < -0.4 is 5.32 Å². The van der Waals surface area contributed by atoms with Gasteiger partial charge in [-0.15, -0.1) is 0 Å². The topological polar surface area (TPSA) is 86.8 Å². The molecule has 0 atom stereocenters. The van der Waals surface area contributed by atoms with Gasteiger partial charge in [0.1, 0.15) is 0 Å². The highest BCUT2D eigenvalue weighted by molar-refractivity contribution is 7.89. The van der Waals surface area contributed by atoms with Gasteiger partial charge in [-0.1, -0.05) is 26.0 Å². The van der Waals surface area contributed by atoms with Crippen molar-refractivity contribution in [2.24, 2.45) is 0 Å². The molecule has 2 amide bonds. The van der Waals surface area contributed by atoms with Gasteiger partial charge in [-0.25, -0.2) is 8.42 Å². The van der Waals surface area contributed by atoms with Crippen LogP contribution in [0.4, 0.5) is 0 Å². The summed E-state index contributed by atoms with van der Waals surface area (Å²) in [6.45, 7) is 10.4. The second-order valence-electron chi connectivity index (χ2n) is 6.57. The summed E-state index contributed by atoms with van der Waals surface area (Å²) in [5.41, 5.74) is 0.703. The molecule has 0 spiro atoms. The molecule has 0 heterocycles. The molecular formula is C20H31N3O4S. The number of rotatable bonds is 10. The van der Waals surface area contributed by atoms with Crippen LogP contribution in [0.1, 0.15) is 40.2 Å². The molecule has 1 N–H and O–H groups in total. The van der Waals surface area contributed by atoms with Crippen molar-refractivity contribution in [3.63, 3.8) is 0 Å². The van der Waals surface area contributed by atoms with E-state index in [9.17, 15) is 18.0 Å². The maximum Gasteiger partial charge on any atom is 0.247 e. The molecule has 0 aliphatic heterocycles. The lowest BCUT2D eigenvalue weighted by Crippen LogP contribution is -2.42. The highest BCUT2D eigenvalue weighted by atomic mass is 32.2. The summed E-state index contributed by atoms with van der Waals surface area (Å²) in [5, 5.41) is 2.76. The summed E-state index contributed by atoms with van der Waals surface area (Å²) in [5.74, 6) is -0.481. The number of sulfonamides is 1. The lowest BCUT2D eigenvalue weighted by atomic mass is 10.2. The number of amides is 2. The molecule has 1 rings (SSSR count). The van der Waals surface area contributed by atoms with Gasteiger partial charge in [-0.3, -0.25) is 9.59 Å². The van der Waals surface area contributed by atoms with Gasteiger partial charge in [0.25, 0.3) is 0 Å². The van der Waals surface area contributed by atoms with Gasteiger partial charge in [0.2, 0.25) is 21.8 Å². The smallest absolute Gasteiger partial charge is 0.247 e. The quantitative estimate of drug-likeness (QED) is 0.600. The first kappa shape index (κ1) is 23.8. The normalized spacial score (nSPS) is 12.0. The first-order chi connectivity index (χ1) is 13.1. The van der Waals surface area contributed by atoms with E-state index in [-0.39, 0.29) is 29.3 Å². The van der Waals surface area contributed by atoms with Crippen LogP contribution >= 0.6 is 0 Å². The number of carbonyl (C=O) groups excluding carboxylic acids is 2. The number of likely N-dealkylation sites (N-methyl/N-ethyl adjacent to an activating group) is 1. The van der Waals surface area contributed by atoms with E-state index in [0.717, 1.165) is 0 Å². The highest BCUT2D eigenvalue weighted by Gasteiger charge is 2.21. The van der Waals surface area contributed by atoms with Gasteiger partial charge in [0.15, 0.2) is 0 Å². The average Bonchev–Trinajstić information content (AvgIpc) is 2.64. The van der Waals surface area contributed by atoms with Crippen molar-refractivity contribution >= 4 is 27.9 Å². The predicted molar refractivity (Wildman–Crippen MR) is 111 cm³/mol. The molecule has 7 nitrogen and oxygen atoms in total. The third-order valence-electron chi connectivity index (χ3n) is 4.12. The van der Waals surface area contributed by atoms with Crippen LogP contribution in [0.5, 0.6) is 0 Å². The molecule has 0 aromatic heterocycles. The Morgan fingerprint density at radius 2 is 1.61 bits per heavy atom. The van der Waals surface area contributed by atoms with E-state index >= 15 is 0 Å². The molecule has 1 aromatic rings. The highest BCUT2D eigenvalue weighted by Crippen LogP contribution is 2.16. The Bertz CT molecular complexity index is 782. The summed E-state index contributed by atoms with van der Waals surface area (Å²) in [6.07, 6.45) is 3.00. The Labute approximate surface area is 168 Å². The lowest BCUT2D eigenvalue weighted by Gasteiger charge is -2.19. The van der Waals surface area contributed by atoms with E-state index in [2.05, 4.69) is 5.32 Å². The predicted octanol–water partition coefficient (Wildman–Crippen LogP) is 2.10. The second-order valence-corrected chi connectivity index (χ2v) is 8.50. The van der Waals surface area contributed by atoms with E-state index in [0.29, 0.717) is 25.2 Å². The molecular weight excluding hydrogens is 378 g/mol. The van der Waals surface area contributed by atoms with Crippen molar-refractivity contribution in [3.8, 4) is 0 Å². The fraction of sp³-hybridized carbons (Fsp3) is 0.500. The number of carbonyl (C=O) groups is 2. The number of benzene rings is 1. The Morgan fingerprint density at radius 1 is 1.04 bits per heavy atom. The molecule has 0 bridgehead atoms. The summed E-state index contributed by atoms with van der Waals surface area (Å²) < 4.78 is 26.4. The zero-order valence-electron chi connectivity index (χ0n) is 17.3. The minimum atomic E-state index is -3.50. The second kappa shape index (κ2) is 11.0. The van der Waals surface area contributed by atoms with Gasteiger partial charge in [-0.05, 0) is 44.5 Å². The van der Waals surface area contributed by atoms with E-state index < -0.39 is 10.0 Å². The van der Waals surface area contributed by atoms with E-state index in [4.69, 9.17) is 0 Å². The number of hydrogen-bond donors (Lipinski definition) is 1. The van der Waals surface area contributed by atoms with Gasteiger partial charge >= 0.3 is 0 Å². The van der Waals surface area contributed by atoms with Crippen molar-refractivity contribution in [2.45, 2.75) is 45.6 Å². The largest absolute Gasteiger partial charge is 0.352 e. The van der Waals surface area contributed by atoms with E-state index in [1.54, 1.807) is 39.0 Å².